The molecule has 10 atom stereocenters. The molecule has 2 saturated heterocycles. The lowest BCUT2D eigenvalue weighted by Crippen LogP contribution is -2.60. The molecular weight excluding hydrogens is 356 g/mol. The number of aliphatic hydroxyl groups excluding tert-OH is 6. The summed E-state index contributed by atoms with van der Waals surface area (Å²) in [4.78, 5) is 0. The average Bonchev–Trinajstić information content (AvgIpc) is 2.89. The predicted octanol–water partition coefficient (Wildman–Crippen LogP) is -3.96. The van der Waals surface area contributed by atoms with Gasteiger partial charge in [0.1, 0.15) is 36.1 Å². The minimum Gasteiger partial charge on any atom is -0.393 e. The molecule has 0 aliphatic carbocycles. The van der Waals surface area contributed by atoms with Gasteiger partial charge < -0.3 is 54.7 Å². The van der Waals surface area contributed by atoms with Crippen LogP contribution in [0.2, 0.25) is 0 Å². The lowest BCUT2D eigenvalue weighted by molar-refractivity contribution is -0.321. The molecule has 0 amide bonds. The summed E-state index contributed by atoms with van der Waals surface area (Å²) in [5, 5.41) is 68.4. The highest BCUT2D eigenvalue weighted by Crippen LogP contribution is 2.28. The molecule has 11 nitrogen and oxygen atoms in total. The first-order chi connectivity index (χ1) is 12.1. The van der Waals surface area contributed by atoms with Crippen LogP contribution < -0.4 is 0 Å². The van der Waals surface area contributed by atoms with E-state index in [1.54, 1.807) is 6.92 Å². The van der Waals surface area contributed by atoms with E-state index >= 15 is 0 Å². The number of rotatable bonds is 7. The summed E-state index contributed by atoms with van der Waals surface area (Å²) in [6, 6.07) is 0. The second-order valence-corrected chi connectivity index (χ2v) is 6.82. The van der Waals surface area contributed by atoms with E-state index < -0.39 is 67.5 Å². The van der Waals surface area contributed by atoms with Gasteiger partial charge in [-0.05, 0) is 13.8 Å². The predicted molar refractivity (Wildman–Crippen MR) is 82.6 cm³/mol. The first-order valence-corrected chi connectivity index (χ1v) is 8.38. The molecule has 0 radical (unpaired) electrons. The van der Waals surface area contributed by atoms with E-state index in [1.807, 2.05) is 0 Å². The molecule has 154 valence electrons. The third-order valence-electron chi connectivity index (χ3n) is 4.70. The fourth-order valence-corrected chi connectivity index (χ4v) is 2.62. The van der Waals surface area contributed by atoms with E-state index in [0.29, 0.717) is 0 Å². The Labute approximate surface area is 150 Å². The number of hydrogen-bond acceptors (Lipinski definition) is 11. The topological polar surface area (TPSA) is 179 Å². The molecule has 0 aromatic heterocycles. The Morgan fingerprint density at radius 3 is 2.27 bits per heavy atom. The van der Waals surface area contributed by atoms with Crippen molar-refractivity contribution in [2.24, 2.45) is 0 Å². The highest BCUT2D eigenvalue weighted by atomic mass is 16.7. The molecule has 0 saturated carbocycles. The van der Waals surface area contributed by atoms with Crippen LogP contribution in [0.15, 0.2) is 0 Å². The van der Waals surface area contributed by atoms with E-state index in [4.69, 9.17) is 24.1 Å². The summed E-state index contributed by atoms with van der Waals surface area (Å²) in [7, 11) is 0. The monoisotopic (exact) mass is 384 g/mol. The Morgan fingerprint density at radius 2 is 1.73 bits per heavy atom. The Balaban J connectivity index is 1.95. The van der Waals surface area contributed by atoms with Crippen molar-refractivity contribution in [3.63, 3.8) is 0 Å². The maximum absolute atomic E-state index is 10.0. The van der Waals surface area contributed by atoms with Crippen molar-refractivity contribution in [3.05, 3.63) is 0 Å². The van der Waals surface area contributed by atoms with Crippen LogP contribution in [0.1, 0.15) is 13.8 Å². The third kappa shape index (κ3) is 4.51. The molecule has 2 rings (SSSR count). The van der Waals surface area contributed by atoms with Crippen LogP contribution in [-0.4, -0.2) is 116 Å². The minimum absolute atomic E-state index is 0.345. The molecule has 2 heterocycles. The Kier molecular flexibility index (Phi) is 7.32. The van der Waals surface area contributed by atoms with Crippen LogP contribution in [0.25, 0.3) is 0 Å². The van der Waals surface area contributed by atoms with Crippen molar-refractivity contribution in [1.29, 1.82) is 0 Å². The Hall–Kier alpha value is -0.440. The largest absolute Gasteiger partial charge is 0.393 e. The van der Waals surface area contributed by atoms with Crippen LogP contribution in [0.4, 0.5) is 0 Å². The van der Waals surface area contributed by atoms with Crippen LogP contribution in [-0.2, 0) is 18.9 Å². The van der Waals surface area contributed by atoms with Gasteiger partial charge in [0.15, 0.2) is 12.6 Å². The zero-order chi connectivity index (χ0) is 19.6. The maximum Gasteiger partial charge on any atom is 0.187 e. The molecule has 26 heavy (non-hydrogen) atoms. The van der Waals surface area contributed by atoms with Crippen molar-refractivity contribution in [1.82, 2.24) is 0 Å². The van der Waals surface area contributed by atoms with Crippen LogP contribution in [0, 0.1) is 0 Å². The quantitative estimate of drug-likeness (QED) is 0.228. The molecule has 2 fully saturated rings. The van der Waals surface area contributed by atoms with Gasteiger partial charge in [-0.25, -0.2) is 0 Å². The van der Waals surface area contributed by atoms with Gasteiger partial charge in [-0.1, -0.05) is 0 Å². The SMILES string of the molecule is C[C@H](O)[C@H](C)O[C@@H]1O[C@H](CO[C@@H]2OC[C@](O)(CO)[C@H]2O)[C@@H](O)[C@H](O)[C@H]1O. The second-order valence-electron chi connectivity index (χ2n) is 6.82. The normalized spacial score (nSPS) is 46.3. The summed E-state index contributed by atoms with van der Waals surface area (Å²) in [6.45, 7) is 1.59. The van der Waals surface area contributed by atoms with Crippen LogP contribution in [0.5, 0.6) is 0 Å². The minimum atomic E-state index is -1.86. The molecule has 2 aliphatic rings. The Morgan fingerprint density at radius 1 is 1.08 bits per heavy atom. The fourth-order valence-electron chi connectivity index (χ4n) is 2.62. The zero-order valence-electron chi connectivity index (χ0n) is 14.6. The van der Waals surface area contributed by atoms with Gasteiger partial charge in [0.05, 0.1) is 32.0 Å². The molecule has 7 N–H and O–H groups in total. The average molecular weight is 384 g/mol. The molecule has 2 aliphatic heterocycles. The lowest BCUT2D eigenvalue weighted by atomic mass is 9.99. The first kappa shape index (κ1) is 21.9. The zero-order valence-corrected chi connectivity index (χ0v) is 14.6. The van der Waals surface area contributed by atoms with E-state index in [1.165, 1.54) is 6.92 Å². The number of aliphatic hydroxyl groups is 7. The molecule has 0 spiro atoms. The smallest absolute Gasteiger partial charge is 0.187 e. The van der Waals surface area contributed by atoms with Crippen molar-refractivity contribution in [2.75, 3.05) is 19.8 Å². The molecule has 0 bridgehead atoms. The highest BCUT2D eigenvalue weighted by Gasteiger charge is 2.50. The van der Waals surface area contributed by atoms with E-state index in [-0.39, 0.29) is 13.2 Å². The molecule has 11 heteroatoms. The summed E-state index contributed by atoms with van der Waals surface area (Å²) < 4.78 is 21.1. The summed E-state index contributed by atoms with van der Waals surface area (Å²) in [6.07, 6.45) is -11.5. The molecular formula is C15H28O11. The highest BCUT2D eigenvalue weighted by molar-refractivity contribution is 4.94. The number of hydrogen-bond donors (Lipinski definition) is 7. The maximum atomic E-state index is 10.0. The van der Waals surface area contributed by atoms with Crippen LogP contribution in [0.3, 0.4) is 0 Å². The first-order valence-electron chi connectivity index (χ1n) is 8.38. The van der Waals surface area contributed by atoms with Gasteiger partial charge >= 0.3 is 0 Å². The van der Waals surface area contributed by atoms with Gasteiger partial charge in [-0.15, -0.1) is 0 Å². The second kappa shape index (κ2) is 8.71. The summed E-state index contributed by atoms with van der Waals surface area (Å²) in [5.41, 5.74) is -1.86. The summed E-state index contributed by atoms with van der Waals surface area (Å²) in [5.74, 6) is 0. The fraction of sp³-hybridized carbons (Fsp3) is 1.00. The van der Waals surface area contributed by atoms with Gasteiger partial charge in [0.25, 0.3) is 0 Å². The third-order valence-corrected chi connectivity index (χ3v) is 4.70. The Bertz CT molecular complexity index is 449. The van der Waals surface area contributed by atoms with Crippen molar-refractivity contribution in [2.45, 2.75) is 74.8 Å². The van der Waals surface area contributed by atoms with Gasteiger partial charge in [0, 0.05) is 0 Å². The van der Waals surface area contributed by atoms with Crippen molar-refractivity contribution >= 4 is 0 Å². The standard InChI is InChI=1S/C15H28O11/c1-6(17)7(2)25-13-11(20)10(19)9(18)8(26-13)3-23-14-12(21)15(22,4-16)5-24-14/h6-14,16-22H,3-5H2,1-2H3/t6-,7-,8+,9+,10-,11+,12-,13+,14+,15+/m0/s1. The molecule has 0 unspecified atom stereocenters. The van der Waals surface area contributed by atoms with Gasteiger partial charge in [-0.3, -0.25) is 0 Å². The van der Waals surface area contributed by atoms with E-state index in [9.17, 15) is 30.6 Å². The van der Waals surface area contributed by atoms with E-state index in [2.05, 4.69) is 0 Å². The van der Waals surface area contributed by atoms with Crippen LogP contribution >= 0.6 is 0 Å². The van der Waals surface area contributed by atoms with Gasteiger partial charge in [-0.2, -0.15) is 0 Å². The summed E-state index contributed by atoms with van der Waals surface area (Å²) >= 11 is 0. The van der Waals surface area contributed by atoms with Crippen molar-refractivity contribution in [3.8, 4) is 0 Å². The number of ether oxygens (including phenoxy) is 4. The molecule has 0 aromatic carbocycles. The van der Waals surface area contributed by atoms with E-state index in [0.717, 1.165) is 0 Å². The molecule has 0 aromatic rings. The lowest BCUT2D eigenvalue weighted by Gasteiger charge is -2.41. The van der Waals surface area contributed by atoms with Crippen molar-refractivity contribution < 1.29 is 54.7 Å². The van der Waals surface area contributed by atoms with Gasteiger partial charge in [0.2, 0.25) is 0 Å².